The maximum atomic E-state index is 13.2. The summed E-state index contributed by atoms with van der Waals surface area (Å²) in [5.41, 5.74) is 1.44. The van der Waals surface area contributed by atoms with Crippen molar-refractivity contribution >= 4 is 44.1 Å². The molecule has 6 nitrogen and oxygen atoms in total. The summed E-state index contributed by atoms with van der Waals surface area (Å²) in [5, 5.41) is 3.84. The molecule has 1 aliphatic heterocycles. The topological polar surface area (TPSA) is 79.4 Å². The van der Waals surface area contributed by atoms with Crippen molar-refractivity contribution in [2.24, 2.45) is 5.92 Å². The summed E-state index contributed by atoms with van der Waals surface area (Å²) in [6, 6.07) is 13.6. The zero-order chi connectivity index (χ0) is 21.3. The molecule has 1 amide bonds. The highest BCUT2D eigenvalue weighted by molar-refractivity contribution is 7.89. The van der Waals surface area contributed by atoms with Crippen LogP contribution in [0.1, 0.15) is 30.1 Å². The van der Waals surface area contributed by atoms with Crippen LogP contribution in [-0.4, -0.2) is 36.7 Å². The molecule has 0 spiro atoms. The van der Waals surface area contributed by atoms with Crippen LogP contribution in [0.25, 0.3) is 10.9 Å². The molecule has 0 bridgehead atoms. The minimum Gasteiger partial charge on any atom is -0.320 e. The van der Waals surface area contributed by atoms with Gasteiger partial charge in [0, 0.05) is 30.2 Å². The zero-order valence-electron chi connectivity index (χ0n) is 16.5. The third-order valence-corrected chi connectivity index (χ3v) is 7.66. The van der Waals surface area contributed by atoms with Crippen LogP contribution in [0.2, 0.25) is 5.02 Å². The van der Waals surface area contributed by atoms with Crippen molar-refractivity contribution in [2.75, 3.05) is 18.4 Å². The number of sulfonamides is 1. The van der Waals surface area contributed by atoms with Crippen LogP contribution in [-0.2, 0) is 10.0 Å². The average Bonchev–Trinajstić information content (AvgIpc) is 2.74. The zero-order valence-corrected chi connectivity index (χ0v) is 18.1. The van der Waals surface area contributed by atoms with E-state index in [0.717, 1.165) is 18.2 Å². The molecule has 1 aliphatic rings. The molecule has 0 radical (unpaired) electrons. The summed E-state index contributed by atoms with van der Waals surface area (Å²) in [7, 11) is -3.78. The summed E-state index contributed by atoms with van der Waals surface area (Å²) in [4.78, 5) is 17.2. The fourth-order valence-corrected chi connectivity index (χ4v) is 5.84. The first-order valence-corrected chi connectivity index (χ1v) is 11.6. The van der Waals surface area contributed by atoms with Crippen molar-refractivity contribution in [2.45, 2.75) is 24.7 Å². The van der Waals surface area contributed by atoms with Crippen LogP contribution in [0.15, 0.2) is 59.6 Å². The quantitative estimate of drug-likeness (QED) is 0.641. The number of halogens is 1. The van der Waals surface area contributed by atoms with Gasteiger partial charge in [0.25, 0.3) is 5.91 Å². The predicted octanol–water partition coefficient (Wildman–Crippen LogP) is 4.56. The lowest BCUT2D eigenvalue weighted by atomic mass is 10.0. The molecule has 1 fully saturated rings. The van der Waals surface area contributed by atoms with Gasteiger partial charge in [-0.3, -0.25) is 9.78 Å². The van der Waals surface area contributed by atoms with Crippen molar-refractivity contribution in [3.05, 3.63) is 65.3 Å². The Bertz CT molecular complexity index is 1210. The molecule has 156 valence electrons. The summed E-state index contributed by atoms with van der Waals surface area (Å²) in [6.45, 7) is 2.95. The normalized spacial score (nSPS) is 17.7. The number of piperidine rings is 1. The molecule has 1 atom stereocenters. The lowest BCUT2D eigenvalue weighted by Crippen LogP contribution is -2.39. The van der Waals surface area contributed by atoms with E-state index < -0.39 is 15.9 Å². The molecule has 3 aromatic rings. The Labute approximate surface area is 180 Å². The Hall–Kier alpha value is -2.48. The number of rotatable bonds is 4. The van der Waals surface area contributed by atoms with E-state index in [-0.39, 0.29) is 21.4 Å². The van der Waals surface area contributed by atoms with E-state index in [1.807, 2.05) is 31.2 Å². The second-order valence-corrected chi connectivity index (χ2v) is 9.90. The van der Waals surface area contributed by atoms with Gasteiger partial charge in [-0.25, -0.2) is 8.42 Å². The Morgan fingerprint density at radius 1 is 1.20 bits per heavy atom. The summed E-state index contributed by atoms with van der Waals surface area (Å²) >= 11 is 6.23. The van der Waals surface area contributed by atoms with E-state index in [9.17, 15) is 13.2 Å². The smallest absolute Gasteiger partial charge is 0.255 e. The number of hydrogen-bond acceptors (Lipinski definition) is 4. The van der Waals surface area contributed by atoms with Gasteiger partial charge in [-0.1, -0.05) is 36.7 Å². The van der Waals surface area contributed by atoms with Crippen molar-refractivity contribution in [3.63, 3.8) is 0 Å². The number of fused-ring (bicyclic) bond motifs is 1. The SMILES string of the molecule is C[C@H]1CCCN(S(=O)(=O)c2cc(C(=O)Nc3cccc4cccnc34)ccc2Cl)C1. The number of nitrogens with zero attached hydrogens (tertiary/aromatic N) is 2. The first kappa shape index (κ1) is 20.8. The molecule has 2 aromatic carbocycles. The van der Waals surface area contributed by atoms with Crippen LogP contribution in [0, 0.1) is 5.92 Å². The first-order chi connectivity index (χ1) is 14.4. The standard InChI is InChI=1S/C22H22ClN3O3S/c1-15-5-4-12-26(14-15)30(28,29)20-13-17(9-10-18(20)23)22(27)25-19-8-2-6-16-7-3-11-24-21(16)19/h2-3,6-11,13,15H,4-5,12,14H2,1H3,(H,25,27)/t15-/m0/s1. The number of nitrogens with one attached hydrogen (secondary N) is 1. The predicted molar refractivity (Wildman–Crippen MR) is 118 cm³/mol. The molecule has 1 N–H and O–H groups in total. The molecule has 0 saturated carbocycles. The third kappa shape index (κ3) is 4.05. The van der Waals surface area contributed by atoms with Gasteiger partial charge in [0.2, 0.25) is 10.0 Å². The Balaban J connectivity index is 1.65. The van der Waals surface area contributed by atoms with E-state index in [2.05, 4.69) is 10.3 Å². The number of carbonyl (C=O) groups excluding carboxylic acids is 1. The molecule has 1 aromatic heterocycles. The van der Waals surface area contributed by atoms with Gasteiger partial charge >= 0.3 is 0 Å². The number of carbonyl (C=O) groups is 1. The van der Waals surface area contributed by atoms with Gasteiger partial charge in [0.05, 0.1) is 16.2 Å². The van der Waals surface area contributed by atoms with Crippen molar-refractivity contribution in [3.8, 4) is 0 Å². The van der Waals surface area contributed by atoms with Crippen LogP contribution in [0.3, 0.4) is 0 Å². The molecular formula is C22H22ClN3O3S. The fraction of sp³-hybridized carbons (Fsp3) is 0.273. The first-order valence-electron chi connectivity index (χ1n) is 9.81. The fourth-order valence-electron chi connectivity index (χ4n) is 3.75. The summed E-state index contributed by atoms with van der Waals surface area (Å²) in [5.74, 6) is -0.133. The molecule has 4 rings (SSSR count). The van der Waals surface area contributed by atoms with Crippen LogP contribution in [0.4, 0.5) is 5.69 Å². The molecular weight excluding hydrogens is 422 g/mol. The van der Waals surface area contributed by atoms with Crippen molar-refractivity contribution < 1.29 is 13.2 Å². The highest BCUT2D eigenvalue weighted by Gasteiger charge is 2.31. The lowest BCUT2D eigenvalue weighted by Gasteiger charge is -2.30. The minimum absolute atomic E-state index is 0.0399. The van der Waals surface area contributed by atoms with Crippen LogP contribution >= 0.6 is 11.6 Å². The largest absolute Gasteiger partial charge is 0.320 e. The van der Waals surface area contributed by atoms with E-state index >= 15 is 0 Å². The Morgan fingerprint density at radius 3 is 2.80 bits per heavy atom. The molecule has 2 heterocycles. The van der Waals surface area contributed by atoms with Crippen LogP contribution in [0.5, 0.6) is 0 Å². The molecule has 8 heteroatoms. The van der Waals surface area contributed by atoms with E-state index in [0.29, 0.717) is 24.3 Å². The number of aromatic nitrogens is 1. The molecule has 0 unspecified atom stereocenters. The van der Waals surface area contributed by atoms with Gasteiger partial charge in [-0.05, 0) is 49.1 Å². The van der Waals surface area contributed by atoms with Crippen LogP contribution < -0.4 is 5.32 Å². The molecule has 30 heavy (non-hydrogen) atoms. The molecule has 0 aliphatic carbocycles. The second kappa shape index (κ2) is 8.34. The number of pyridine rings is 1. The van der Waals surface area contributed by atoms with Gasteiger partial charge < -0.3 is 5.32 Å². The summed E-state index contributed by atoms with van der Waals surface area (Å²) in [6.07, 6.45) is 3.47. The number of amides is 1. The van der Waals surface area contributed by atoms with Gasteiger partial charge in [0.15, 0.2) is 0 Å². The Kier molecular flexibility index (Phi) is 5.77. The number of anilines is 1. The van der Waals surface area contributed by atoms with Crippen molar-refractivity contribution in [1.82, 2.24) is 9.29 Å². The Morgan fingerprint density at radius 2 is 2.00 bits per heavy atom. The van der Waals surface area contributed by atoms with Gasteiger partial charge in [0.1, 0.15) is 4.90 Å². The number of hydrogen-bond donors (Lipinski definition) is 1. The third-order valence-electron chi connectivity index (χ3n) is 5.31. The number of benzene rings is 2. The van der Waals surface area contributed by atoms with Crippen molar-refractivity contribution in [1.29, 1.82) is 0 Å². The highest BCUT2D eigenvalue weighted by atomic mass is 35.5. The van der Waals surface area contributed by atoms with E-state index in [1.54, 1.807) is 12.3 Å². The minimum atomic E-state index is -3.78. The second-order valence-electron chi connectivity index (χ2n) is 7.59. The van der Waals surface area contributed by atoms with Gasteiger partial charge in [-0.2, -0.15) is 4.31 Å². The maximum absolute atomic E-state index is 13.2. The van der Waals surface area contributed by atoms with E-state index in [4.69, 9.17) is 11.6 Å². The maximum Gasteiger partial charge on any atom is 0.255 e. The van der Waals surface area contributed by atoms with Gasteiger partial charge in [-0.15, -0.1) is 0 Å². The average molecular weight is 444 g/mol. The lowest BCUT2D eigenvalue weighted by molar-refractivity contribution is 0.102. The number of para-hydroxylation sites is 1. The highest BCUT2D eigenvalue weighted by Crippen LogP contribution is 2.29. The van der Waals surface area contributed by atoms with E-state index in [1.165, 1.54) is 22.5 Å². The summed E-state index contributed by atoms with van der Waals surface area (Å²) < 4.78 is 27.8. The molecule has 1 saturated heterocycles. The monoisotopic (exact) mass is 443 g/mol.